The maximum Gasteiger partial charge on any atom is 0.0540 e. The first-order valence-electron chi connectivity index (χ1n) is 19.8. The molecule has 11 aromatic rings. The second-order valence-corrected chi connectivity index (χ2v) is 15.9. The van der Waals surface area contributed by atoms with Gasteiger partial charge in [-0.2, -0.15) is 0 Å². The van der Waals surface area contributed by atoms with Crippen molar-refractivity contribution in [1.82, 2.24) is 0 Å². The van der Waals surface area contributed by atoms with E-state index in [2.05, 4.69) is 229 Å². The molecule has 0 saturated carbocycles. The average Bonchev–Trinajstić information content (AvgIpc) is 3.68. The molecule has 2 heteroatoms. The summed E-state index contributed by atoms with van der Waals surface area (Å²) in [5.41, 5.74) is 13.1. The summed E-state index contributed by atoms with van der Waals surface area (Å²) in [5, 5.41) is 7.65. The molecule has 0 radical (unpaired) electrons. The number of nitrogens with zero attached hydrogens (tertiary/aromatic N) is 1. The monoisotopic (exact) mass is 755 g/mol. The third-order valence-corrected chi connectivity index (χ3v) is 12.6. The Hall–Kier alpha value is -7.26. The predicted octanol–water partition coefficient (Wildman–Crippen LogP) is 16.5. The third-order valence-electron chi connectivity index (χ3n) is 11.5. The van der Waals surface area contributed by atoms with Gasteiger partial charge in [-0.05, 0) is 103 Å². The molecule has 0 unspecified atom stereocenters. The van der Waals surface area contributed by atoms with Gasteiger partial charge in [-0.25, -0.2) is 0 Å². The molecule has 0 atom stereocenters. The number of thiophene rings is 1. The van der Waals surface area contributed by atoms with E-state index < -0.39 is 0 Å². The van der Waals surface area contributed by atoms with Crippen molar-refractivity contribution in [2.45, 2.75) is 0 Å². The summed E-state index contributed by atoms with van der Waals surface area (Å²) in [5.74, 6) is 0. The van der Waals surface area contributed by atoms with E-state index in [0.29, 0.717) is 0 Å². The topological polar surface area (TPSA) is 3.24 Å². The molecule has 272 valence electrons. The molecule has 0 aliphatic heterocycles. The van der Waals surface area contributed by atoms with Crippen molar-refractivity contribution in [2.75, 3.05) is 4.90 Å². The van der Waals surface area contributed by atoms with Crippen LogP contribution in [-0.4, -0.2) is 0 Å². The number of para-hydroxylation sites is 1. The van der Waals surface area contributed by atoms with Crippen molar-refractivity contribution in [2.24, 2.45) is 0 Å². The minimum atomic E-state index is 1.11. The smallest absolute Gasteiger partial charge is 0.0540 e. The highest BCUT2D eigenvalue weighted by molar-refractivity contribution is 7.25. The van der Waals surface area contributed by atoms with Gasteiger partial charge in [0.1, 0.15) is 0 Å². The highest BCUT2D eigenvalue weighted by Crippen LogP contribution is 2.47. The quantitative estimate of drug-likeness (QED) is 0.146. The molecular weight excluding hydrogens is 719 g/mol. The molecule has 0 saturated heterocycles. The summed E-state index contributed by atoms with van der Waals surface area (Å²) in [4.78, 5) is 2.42. The fourth-order valence-corrected chi connectivity index (χ4v) is 9.93. The van der Waals surface area contributed by atoms with E-state index in [1.54, 1.807) is 0 Å². The van der Waals surface area contributed by atoms with Crippen LogP contribution in [0.15, 0.2) is 224 Å². The molecule has 0 amide bonds. The van der Waals surface area contributed by atoms with E-state index in [0.717, 1.165) is 17.1 Å². The number of anilines is 3. The standard InChI is InChI=1S/C56H37NS/c1-4-16-39(17-5-1)45-22-12-14-26-52(45)57(44-33-35-49-48-24-13-15-27-53(48)58-54(49)37-44)43-31-28-38(29-32-43)42-30-34-47-46-23-10-11-25-50(46)55(40-18-6-2-7-19-40)56(51(47)36-42)41-20-8-3-9-21-41/h1-37H. The largest absolute Gasteiger partial charge is 0.310 e. The van der Waals surface area contributed by atoms with Gasteiger partial charge >= 0.3 is 0 Å². The molecule has 0 bridgehead atoms. The van der Waals surface area contributed by atoms with Gasteiger partial charge < -0.3 is 4.90 Å². The molecule has 10 aromatic carbocycles. The van der Waals surface area contributed by atoms with Crippen LogP contribution < -0.4 is 4.90 Å². The van der Waals surface area contributed by atoms with Gasteiger partial charge in [0.2, 0.25) is 0 Å². The van der Waals surface area contributed by atoms with E-state index in [1.165, 1.54) is 86.2 Å². The number of fused-ring (bicyclic) bond motifs is 6. The van der Waals surface area contributed by atoms with Crippen molar-refractivity contribution in [1.29, 1.82) is 0 Å². The molecule has 11 rings (SSSR count). The van der Waals surface area contributed by atoms with Crippen molar-refractivity contribution in [3.8, 4) is 44.5 Å². The lowest BCUT2D eigenvalue weighted by Crippen LogP contribution is -2.11. The average molecular weight is 756 g/mol. The van der Waals surface area contributed by atoms with Crippen LogP contribution in [0.4, 0.5) is 17.1 Å². The SMILES string of the molecule is c1ccc(-c2ccccc2N(c2ccc(-c3ccc4c(c3)c(-c3ccccc3)c(-c3ccccc3)c3ccccc34)cc2)c2ccc3c(c2)sc2ccccc23)cc1. The zero-order valence-electron chi connectivity index (χ0n) is 31.7. The maximum atomic E-state index is 2.42. The second-order valence-electron chi connectivity index (χ2n) is 14.8. The number of rotatable bonds is 7. The Morgan fingerprint density at radius 3 is 1.50 bits per heavy atom. The van der Waals surface area contributed by atoms with Crippen LogP contribution in [0.5, 0.6) is 0 Å². The highest BCUT2D eigenvalue weighted by atomic mass is 32.1. The van der Waals surface area contributed by atoms with Crippen LogP contribution in [-0.2, 0) is 0 Å². The van der Waals surface area contributed by atoms with Crippen LogP contribution in [0.25, 0.3) is 86.2 Å². The second kappa shape index (κ2) is 14.4. The number of benzene rings is 10. The lowest BCUT2D eigenvalue weighted by atomic mass is 9.84. The molecule has 1 heterocycles. The molecule has 0 aliphatic rings. The Morgan fingerprint density at radius 2 is 0.776 bits per heavy atom. The van der Waals surface area contributed by atoms with Crippen LogP contribution in [0.3, 0.4) is 0 Å². The van der Waals surface area contributed by atoms with Crippen LogP contribution in [0.2, 0.25) is 0 Å². The summed E-state index contributed by atoms with van der Waals surface area (Å²) in [7, 11) is 0. The Morgan fingerprint density at radius 1 is 0.276 bits per heavy atom. The first kappa shape index (κ1) is 34.0. The number of hydrogen-bond acceptors (Lipinski definition) is 2. The minimum absolute atomic E-state index is 1.11. The molecule has 0 aliphatic carbocycles. The van der Waals surface area contributed by atoms with Gasteiger partial charge in [-0.15, -0.1) is 11.3 Å². The lowest BCUT2D eigenvalue weighted by Gasteiger charge is -2.28. The van der Waals surface area contributed by atoms with Crippen LogP contribution >= 0.6 is 11.3 Å². The molecule has 58 heavy (non-hydrogen) atoms. The minimum Gasteiger partial charge on any atom is -0.310 e. The Balaban J connectivity index is 1.09. The van der Waals surface area contributed by atoms with E-state index in [-0.39, 0.29) is 0 Å². The summed E-state index contributed by atoms with van der Waals surface area (Å²) >= 11 is 1.86. The van der Waals surface area contributed by atoms with Gasteiger partial charge in [0.05, 0.1) is 5.69 Å². The zero-order valence-corrected chi connectivity index (χ0v) is 32.5. The van der Waals surface area contributed by atoms with E-state index in [4.69, 9.17) is 0 Å². The van der Waals surface area contributed by atoms with Crippen molar-refractivity contribution >= 4 is 70.1 Å². The van der Waals surface area contributed by atoms with Gasteiger partial charge in [-0.3, -0.25) is 0 Å². The molecular formula is C56H37NS. The maximum absolute atomic E-state index is 2.42. The van der Waals surface area contributed by atoms with Gasteiger partial charge in [0.15, 0.2) is 0 Å². The van der Waals surface area contributed by atoms with E-state index >= 15 is 0 Å². The first-order chi connectivity index (χ1) is 28.8. The number of hydrogen-bond donors (Lipinski definition) is 0. The molecule has 0 N–H and O–H groups in total. The zero-order chi connectivity index (χ0) is 38.4. The molecule has 0 spiro atoms. The molecule has 1 aromatic heterocycles. The fraction of sp³-hybridized carbons (Fsp3) is 0. The summed E-state index contributed by atoms with van der Waals surface area (Å²) < 4.78 is 2.59. The molecule has 0 fully saturated rings. The Labute approximate surface area is 342 Å². The predicted molar refractivity (Wildman–Crippen MR) is 251 cm³/mol. The first-order valence-corrected chi connectivity index (χ1v) is 20.7. The normalized spacial score (nSPS) is 11.4. The van der Waals surface area contributed by atoms with Crippen LogP contribution in [0.1, 0.15) is 0 Å². The molecule has 1 nitrogen and oxygen atoms in total. The van der Waals surface area contributed by atoms with Crippen LogP contribution in [0, 0.1) is 0 Å². The van der Waals surface area contributed by atoms with Gasteiger partial charge in [-0.1, -0.05) is 182 Å². The van der Waals surface area contributed by atoms with Gasteiger partial charge in [0.25, 0.3) is 0 Å². The van der Waals surface area contributed by atoms with Crippen molar-refractivity contribution in [3.05, 3.63) is 224 Å². The lowest BCUT2D eigenvalue weighted by molar-refractivity contribution is 1.29. The summed E-state index contributed by atoms with van der Waals surface area (Å²) in [6.07, 6.45) is 0. The van der Waals surface area contributed by atoms with E-state index in [1.807, 2.05) is 11.3 Å². The summed E-state index contributed by atoms with van der Waals surface area (Å²) in [6.45, 7) is 0. The Bertz CT molecular complexity index is 3260. The fourth-order valence-electron chi connectivity index (χ4n) is 8.79. The van der Waals surface area contributed by atoms with Crippen molar-refractivity contribution < 1.29 is 0 Å². The third kappa shape index (κ3) is 5.86. The highest BCUT2D eigenvalue weighted by Gasteiger charge is 2.20. The summed E-state index contributed by atoms with van der Waals surface area (Å²) in [6, 6.07) is 81.9. The van der Waals surface area contributed by atoms with E-state index in [9.17, 15) is 0 Å². The van der Waals surface area contributed by atoms with Crippen molar-refractivity contribution in [3.63, 3.8) is 0 Å². The van der Waals surface area contributed by atoms with Gasteiger partial charge in [0, 0.05) is 37.1 Å². The Kier molecular flexibility index (Phi) is 8.42.